The van der Waals surface area contributed by atoms with Gasteiger partial charge >= 0.3 is 46.8 Å². The lowest BCUT2D eigenvalue weighted by Crippen LogP contribution is -2.75. The molecule has 1 amide bonds. The van der Waals surface area contributed by atoms with Gasteiger partial charge in [-0.25, -0.2) is 0 Å². The van der Waals surface area contributed by atoms with Gasteiger partial charge in [-0.05, 0) is 18.6 Å². The molecule has 0 unspecified atom stereocenters. The highest BCUT2D eigenvalue weighted by Crippen LogP contribution is 2.64. The second-order valence-corrected chi connectivity index (χ2v) is 7.59. The van der Waals surface area contributed by atoms with Gasteiger partial charge in [0, 0.05) is 26.2 Å². The van der Waals surface area contributed by atoms with Crippen LogP contribution in [0.1, 0.15) is 0 Å². The first-order valence-electron chi connectivity index (χ1n) is 8.35. The molecule has 1 aliphatic heterocycles. The minimum atomic E-state index is -8.58. The average Bonchev–Trinajstić information content (AvgIpc) is 2.66. The van der Waals surface area contributed by atoms with Crippen molar-refractivity contribution in [2.75, 3.05) is 33.2 Å². The maximum atomic E-state index is 13.9. The van der Waals surface area contributed by atoms with Crippen molar-refractivity contribution in [2.24, 2.45) is 0 Å². The lowest BCUT2D eigenvalue weighted by Gasteiger charge is -2.43. The summed E-state index contributed by atoms with van der Waals surface area (Å²) in [4.78, 5) is 12.6. The van der Waals surface area contributed by atoms with E-state index in [1.54, 1.807) is 0 Å². The Morgan fingerprint density at radius 2 is 0.853 bits per heavy atom. The van der Waals surface area contributed by atoms with Gasteiger partial charge < -0.3 is 9.80 Å². The van der Waals surface area contributed by atoms with Gasteiger partial charge in [0.2, 0.25) is 0 Å². The van der Waals surface area contributed by atoms with Gasteiger partial charge in [-0.2, -0.15) is 70.2 Å². The van der Waals surface area contributed by atoms with Crippen molar-refractivity contribution < 1.29 is 75.0 Å². The van der Waals surface area contributed by atoms with Gasteiger partial charge in [-0.3, -0.25) is 4.79 Å². The van der Waals surface area contributed by atoms with Crippen molar-refractivity contribution >= 4 is 17.5 Å². The van der Waals surface area contributed by atoms with Crippen LogP contribution in [-0.2, 0) is 4.79 Å². The number of piperazine rings is 1. The number of hydrogen-bond acceptors (Lipinski definition) is 2. The molecule has 34 heavy (non-hydrogen) atoms. The third kappa shape index (κ3) is 4.03. The average molecular weight is 563 g/mol. The molecule has 0 aromatic heterocycles. The number of rotatable bonds is 8. The van der Waals surface area contributed by atoms with Gasteiger partial charge in [0.15, 0.2) is 0 Å². The number of carbonyl (C=O) groups is 1. The largest absolute Gasteiger partial charge is 0.393 e. The third-order valence-electron chi connectivity index (χ3n) is 4.78. The first-order valence-corrected chi connectivity index (χ1v) is 8.73. The van der Waals surface area contributed by atoms with E-state index >= 15 is 0 Å². The Balaban J connectivity index is 3.55. The van der Waals surface area contributed by atoms with Gasteiger partial charge in [0.25, 0.3) is 5.91 Å². The molecule has 0 aliphatic carbocycles. The Kier molecular flexibility index (Phi) is 7.50. The highest BCUT2D eigenvalue weighted by atomic mass is 35.5. The zero-order chi connectivity index (χ0) is 27.6. The van der Waals surface area contributed by atoms with Crippen LogP contribution >= 0.6 is 11.6 Å². The summed E-state index contributed by atoms with van der Waals surface area (Å²) in [6.45, 7) is -2.44. The van der Waals surface area contributed by atoms with Crippen LogP contribution < -0.4 is 0 Å². The molecule has 0 spiro atoms. The molecule has 1 rings (SSSR count). The molecule has 0 saturated carbocycles. The topological polar surface area (TPSA) is 23.6 Å². The second-order valence-electron chi connectivity index (χ2n) is 7.11. The summed E-state index contributed by atoms with van der Waals surface area (Å²) in [6, 6.07) is 0. The van der Waals surface area contributed by atoms with E-state index in [2.05, 4.69) is 11.6 Å². The van der Waals surface area contributed by atoms with Crippen LogP contribution in [-0.4, -0.2) is 95.8 Å². The fourth-order valence-electron chi connectivity index (χ4n) is 2.51. The molecule has 0 aromatic carbocycles. The minimum absolute atomic E-state index is 0.267. The first-order chi connectivity index (χ1) is 14.7. The molecule has 0 bridgehead atoms. The molecule has 202 valence electrons. The molecule has 1 fully saturated rings. The smallest absolute Gasteiger partial charge is 0.335 e. The molecular weight excluding hydrogens is 552 g/mol. The van der Waals surface area contributed by atoms with Crippen LogP contribution in [0.2, 0.25) is 0 Å². The summed E-state index contributed by atoms with van der Waals surface area (Å²) in [5.41, 5.74) is 0. The number of amides is 1. The maximum Gasteiger partial charge on any atom is 0.393 e. The predicted molar refractivity (Wildman–Crippen MR) is 79.5 cm³/mol. The van der Waals surface area contributed by atoms with E-state index in [9.17, 15) is 75.0 Å². The second kappa shape index (κ2) is 8.33. The molecule has 1 saturated heterocycles. The molecule has 1 aliphatic rings. The number of halogens is 17. The number of likely N-dealkylation sites (N-methyl/N-ethyl adjacent to an activating group) is 1. The van der Waals surface area contributed by atoms with Crippen molar-refractivity contribution in [3.63, 3.8) is 0 Å². The van der Waals surface area contributed by atoms with E-state index in [1.165, 1.54) is 11.9 Å². The van der Waals surface area contributed by atoms with Crippen molar-refractivity contribution in [1.82, 2.24) is 9.80 Å². The number of carbonyl (C=O) groups excluding carboxylic acids is 1. The zero-order valence-electron chi connectivity index (χ0n) is 16.1. The molecule has 0 atom stereocenters. The Bertz CT molecular complexity index is 772. The Morgan fingerprint density at radius 1 is 0.559 bits per heavy atom. The lowest BCUT2D eigenvalue weighted by molar-refractivity contribution is -0.446. The highest BCUT2D eigenvalue weighted by Gasteiger charge is 2.95. The Morgan fingerprint density at radius 3 is 1.18 bits per heavy atom. The van der Waals surface area contributed by atoms with Crippen LogP contribution in [0.4, 0.5) is 70.2 Å². The van der Waals surface area contributed by atoms with Gasteiger partial charge in [-0.1, -0.05) is 0 Å². The molecule has 0 N–H and O–H groups in total. The summed E-state index contributed by atoms with van der Waals surface area (Å²) >= 11 is 3.43. The van der Waals surface area contributed by atoms with Gasteiger partial charge in [0.05, 0.1) is 0 Å². The van der Waals surface area contributed by atoms with E-state index in [0.29, 0.717) is 0 Å². The van der Waals surface area contributed by atoms with Crippen molar-refractivity contribution in [3.05, 3.63) is 0 Å². The summed E-state index contributed by atoms with van der Waals surface area (Å²) in [5.74, 6) is -59.9. The summed E-state index contributed by atoms with van der Waals surface area (Å²) in [5, 5.41) is -6.84. The zero-order valence-corrected chi connectivity index (χ0v) is 16.8. The minimum Gasteiger partial charge on any atom is -0.335 e. The SMILES string of the molecule is CN1CCN(C(=O)C(F)(F)C(F)(F)C(F)(F)C(F)(F)C(F)(F)C(F)(F)C(F)(F)C(F)(F)Cl)CC1. The molecule has 20 heteroatoms. The maximum absolute atomic E-state index is 13.9. The predicted octanol–water partition coefficient (Wildman–Crippen LogP) is 5.04. The Hall–Kier alpha value is -1.40. The van der Waals surface area contributed by atoms with E-state index in [1.807, 2.05) is 0 Å². The van der Waals surface area contributed by atoms with Crippen LogP contribution in [0.5, 0.6) is 0 Å². The quantitative estimate of drug-likeness (QED) is 0.306. The summed E-state index contributed by atoms with van der Waals surface area (Å²) < 4.78 is 215. The molecular formula is C14H11ClF16N2O. The Labute approximate surface area is 183 Å². The van der Waals surface area contributed by atoms with Gasteiger partial charge in [-0.15, -0.1) is 0 Å². The van der Waals surface area contributed by atoms with Crippen LogP contribution in [0, 0.1) is 0 Å². The molecule has 0 radical (unpaired) electrons. The van der Waals surface area contributed by atoms with Gasteiger partial charge in [0.1, 0.15) is 0 Å². The summed E-state index contributed by atoms with van der Waals surface area (Å²) in [6.07, 6.45) is 0. The van der Waals surface area contributed by atoms with Crippen LogP contribution in [0.25, 0.3) is 0 Å². The number of nitrogens with zero attached hydrogens (tertiary/aromatic N) is 2. The van der Waals surface area contributed by atoms with Crippen LogP contribution in [0.15, 0.2) is 0 Å². The molecule has 3 nitrogen and oxygen atoms in total. The molecule has 0 aromatic rings. The molecule has 1 heterocycles. The van der Waals surface area contributed by atoms with Crippen molar-refractivity contribution in [3.8, 4) is 0 Å². The fourth-order valence-corrected chi connectivity index (χ4v) is 2.62. The van der Waals surface area contributed by atoms with E-state index < -0.39 is 65.8 Å². The van der Waals surface area contributed by atoms with E-state index in [-0.39, 0.29) is 18.0 Å². The monoisotopic (exact) mass is 562 g/mol. The number of hydrogen-bond donors (Lipinski definition) is 0. The van der Waals surface area contributed by atoms with Crippen LogP contribution in [0.3, 0.4) is 0 Å². The number of alkyl halides is 17. The van der Waals surface area contributed by atoms with E-state index in [4.69, 9.17) is 0 Å². The summed E-state index contributed by atoms with van der Waals surface area (Å²) in [7, 11) is 1.31. The van der Waals surface area contributed by atoms with Crippen molar-refractivity contribution in [1.29, 1.82) is 0 Å². The first kappa shape index (κ1) is 30.6. The standard InChI is InChI=1S/C14H11ClF16N2O/c1-32-2-4-33(5-3-32)6(34)7(16,17)8(18,19)9(20,21)10(22,23)11(24,25)12(26,27)13(28,29)14(15,30)31/h2-5H2,1H3. The normalized spacial score (nSPS) is 18.9. The third-order valence-corrected chi connectivity index (χ3v) is 5.02. The fraction of sp³-hybridized carbons (Fsp3) is 0.929. The van der Waals surface area contributed by atoms with E-state index in [0.717, 1.165) is 0 Å². The van der Waals surface area contributed by atoms with Crippen molar-refractivity contribution in [2.45, 2.75) is 46.8 Å². The lowest BCUT2D eigenvalue weighted by atomic mass is 9.88. The highest BCUT2D eigenvalue weighted by molar-refractivity contribution is 6.22.